The van der Waals surface area contributed by atoms with Gasteiger partial charge in [0.1, 0.15) is 16.2 Å². The number of nitrogens with one attached hydrogen (secondary N) is 1. The zero-order valence-electron chi connectivity index (χ0n) is 11.1. The molecular weight excluding hydrogens is 328 g/mol. The molecule has 20 heavy (non-hydrogen) atoms. The number of hydrogen-bond acceptors (Lipinski definition) is 3. The predicted octanol–water partition coefficient (Wildman–Crippen LogP) is 4.25. The lowest BCUT2D eigenvalue weighted by Gasteiger charge is -2.10. The molecule has 2 aromatic rings. The molecule has 0 spiro atoms. The SMILES string of the molecule is CC(C)c1nc(Br)cc(NCc2ccc(F)c(F)c2)n1. The standard InChI is InChI=1S/C14H14BrF2N3/c1-8(2)14-19-12(15)6-13(20-14)18-7-9-3-4-10(16)11(17)5-9/h3-6,8H,7H2,1-2H3,(H,18,19,20). The van der Waals surface area contributed by atoms with Crippen LogP contribution in [0.25, 0.3) is 0 Å². The van der Waals surface area contributed by atoms with Crippen molar-refractivity contribution in [2.75, 3.05) is 5.32 Å². The van der Waals surface area contributed by atoms with Gasteiger partial charge in [-0.05, 0) is 33.6 Å². The summed E-state index contributed by atoms with van der Waals surface area (Å²) in [5.74, 6) is -0.138. The molecule has 1 heterocycles. The molecule has 3 nitrogen and oxygen atoms in total. The largest absolute Gasteiger partial charge is 0.366 e. The summed E-state index contributed by atoms with van der Waals surface area (Å²) in [6.45, 7) is 4.36. The summed E-state index contributed by atoms with van der Waals surface area (Å²) in [6, 6.07) is 5.56. The Morgan fingerprint density at radius 2 is 1.90 bits per heavy atom. The van der Waals surface area contributed by atoms with E-state index in [9.17, 15) is 8.78 Å². The highest BCUT2D eigenvalue weighted by atomic mass is 79.9. The minimum absolute atomic E-state index is 0.205. The van der Waals surface area contributed by atoms with E-state index in [4.69, 9.17) is 0 Å². The second-order valence-electron chi connectivity index (χ2n) is 4.69. The monoisotopic (exact) mass is 341 g/mol. The third kappa shape index (κ3) is 3.72. The van der Waals surface area contributed by atoms with Crippen LogP contribution in [0.1, 0.15) is 31.2 Å². The average molecular weight is 342 g/mol. The normalized spacial score (nSPS) is 10.9. The molecule has 0 aliphatic rings. The van der Waals surface area contributed by atoms with E-state index in [0.29, 0.717) is 28.4 Å². The van der Waals surface area contributed by atoms with E-state index in [1.807, 2.05) is 13.8 Å². The lowest BCUT2D eigenvalue weighted by molar-refractivity contribution is 0.507. The second kappa shape index (κ2) is 6.26. The van der Waals surface area contributed by atoms with Crippen molar-refractivity contribution < 1.29 is 8.78 Å². The number of halogens is 3. The molecule has 0 saturated carbocycles. The Morgan fingerprint density at radius 1 is 1.15 bits per heavy atom. The summed E-state index contributed by atoms with van der Waals surface area (Å²) >= 11 is 3.33. The fourth-order valence-corrected chi connectivity index (χ4v) is 2.02. The van der Waals surface area contributed by atoms with E-state index in [0.717, 1.165) is 6.07 Å². The van der Waals surface area contributed by atoms with Gasteiger partial charge in [0.25, 0.3) is 0 Å². The van der Waals surface area contributed by atoms with Gasteiger partial charge in [-0.25, -0.2) is 18.7 Å². The van der Waals surface area contributed by atoms with Crippen LogP contribution in [0.3, 0.4) is 0 Å². The van der Waals surface area contributed by atoms with Crippen molar-refractivity contribution in [3.63, 3.8) is 0 Å². The Balaban J connectivity index is 2.12. The van der Waals surface area contributed by atoms with E-state index in [1.165, 1.54) is 12.1 Å². The van der Waals surface area contributed by atoms with Crippen molar-refractivity contribution in [2.45, 2.75) is 26.3 Å². The van der Waals surface area contributed by atoms with E-state index < -0.39 is 11.6 Å². The van der Waals surface area contributed by atoms with Crippen molar-refractivity contribution in [1.29, 1.82) is 0 Å². The first kappa shape index (κ1) is 14.8. The molecule has 0 radical (unpaired) electrons. The van der Waals surface area contributed by atoms with E-state index >= 15 is 0 Å². The van der Waals surface area contributed by atoms with Crippen molar-refractivity contribution in [2.24, 2.45) is 0 Å². The maximum Gasteiger partial charge on any atom is 0.159 e. The van der Waals surface area contributed by atoms with Gasteiger partial charge in [-0.1, -0.05) is 19.9 Å². The van der Waals surface area contributed by atoms with E-state index in [-0.39, 0.29) is 5.92 Å². The van der Waals surface area contributed by atoms with Crippen molar-refractivity contribution in [3.8, 4) is 0 Å². The Kier molecular flexibility index (Phi) is 4.65. The van der Waals surface area contributed by atoms with Crippen LogP contribution in [0.5, 0.6) is 0 Å². The number of nitrogens with zero attached hydrogens (tertiary/aromatic N) is 2. The quantitative estimate of drug-likeness (QED) is 0.844. The molecule has 106 valence electrons. The summed E-state index contributed by atoms with van der Waals surface area (Å²) in [5.41, 5.74) is 0.643. The maximum absolute atomic E-state index is 13.1. The van der Waals surface area contributed by atoms with Gasteiger partial charge in [0, 0.05) is 18.5 Å². The highest BCUT2D eigenvalue weighted by Crippen LogP contribution is 2.18. The lowest BCUT2D eigenvalue weighted by atomic mass is 10.2. The topological polar surface area (TPSA) is 37.8 Å². The molecule has 0 fully saturated rings. The molecule has 0 atom stereocenters. The summed E-state index contributed by atoms with van der Waals surface area (Å²) in [4.78, 5) is 8.64. The minimum atomic E-state index is -0.851. The van der Waals surface area contributed by atoms with E-state index in [1.54, 1.807) is 6.07 Å². The van der Waals surface area contributed by atoms with Gasteiger partial charge >= 0.3 is 0 Å². The molecule has 6 heteroatoms. The Hall–Kier alpha value is -1.56. The van der Waals surface area contributed by atoms with Crippen LogP contribution in [-0.2, 0) is 6.54 Å². The second-order valence-corrected chi connectivity index (χ2v) is 5.50. The number of benzene rings is 1. The summed E-state index contributed by atoms with van der Waals surface area (Å²) < 4.78 is 26.6. The highest BCUT2D eigenvalue weighted by molar-refractivity contribution is 9.10. The fraction of sp³-hybridized carbons (Fsp3) is 0.286. The average Bonchev–Trinajstić information content (AvgIpc) is 2.39. The maximum atomic E-state index is 13.1. The van der Waals surface area contributed by atoms with Gasteiger partial charge in [0.2, 0.25) is 0 Å². The zero-order chi connectivity index (χ0) is 14.7. The van der Waals surface area contributed by atoms with Crippen molar-refractivity contribution in [3.05, 3.63) is 51.9 Å². The van der Waals surface area contributed by atoms with Gasteiger partial charge in [0.15, 0.2) is 11.6 Å². The van der Waals surface area contributed by atoms with Crippen LogP contribution in [0.4, 0.5) is 14.6 Å². The molecule has 1 N–H and O–H groups in total. The lowest BCUT2D eigenvalue weighted by Crippen LogP contribution is -2.06. The summed E-state index contributed by atoms with van der Waals surface area (Å²) in [7, 11) is 0. The smallest absolute Gasteiger partial charge is 0.159 e. The molecule has 0 amide bonds. The highest BCUT2D eigenvalue weighted by Gasteiger charge is 2.07. The van der Waals surface area contributed by atoms with Crippen LogP contribution in [0, 0.1) is 11.6 Å². The van der Waals surface area contributed by atoms with Crippen molar-refractivity contribution in [1.82, 2.24) is 9.97 Å². The van der Waals surface area contributed by atoms with Gasteiger partial charge in [-0.2, -0.15) is 0 Å². The molecule has 0 aliphatic heterocycles. The Labute approximate surface area is 124 Å². The van der Waals surface area contributed by atoms with Gasteiger partial charge in [-0.15, -0.1) is 0 Å². The predicted molar refractivity (Wildman–Crippen MR) is 77.5 cm³/mol. The first-order valence-corrected chi connectivity index (χ1v) is 6.97. The summed E-state index contributed by atoms with van der Waals surface area (Å²) in [5, 5.41) is 3.07. The van der Waals surface area contributed by atoms with Crippen LogP contribution in [0.2, 0.25) is 0 Å². The first-order chi connectivity index (χ1) is 9.45. The van der Waals surface area contributed by atoms with E-state index in [2.05, 4.69) is 31.2 Å². The minimum Gasteiger partial charge on any atom is -0.366 e. The van der Waals surface area contributed by atoms with Crippen molar-refractivity contribution >= 4 is 21.7 Å². The summed E-state index contributed by atoms with van der Waals surface area (Å²) in [6.07, 6.45) is 0. The Morgan fingerprint density at radius 3 is 2.55 bits per heavy atom. The number of anilines is 1. The molecular formula is C14H14BrF2N3. The van der Waals surface area contributed by atoms with Crippen LogP contribution >= 0.6 is 15.9 Å². The number of aromatic nitrogens is 2. The molecule has 0 bridgehead atoms. The molecule has 1 aromatic heterocycles. The third-order valence-electron chi connectivity index (χ3n) is 2.69. The van der Waals surface area contributed by atoms with Gasteiger partial charge < -0.3 is 5.32 Å². The van der Waals surface area contributed by atoms with Gasteiger partial charge in [-0.3, -0.25) is 0 Å². The Bertz CT molecular complexity index is 617. The number of hydrogen-bond donors (Lipinski definition) is 1. The molecule has 0 unspecified atom stereocenters. The van der Waals surface area contributed by atoms with Crippen LogP contribution in [0.15, 0.2) is 28.9 Å². The molecule has 1 aromatic carbocycles. The van der Waals surface area contributed by atoms with Crippen LogP contribution in [-0.4, -0.2) is 9.97 Å². The zero-order valence-corrected chi connectivity index (χ0v) is 12.7. The fourth-order valence-electron chi connectivity index (χ4n) is 1.63. The molecule has 0 aliphatic carbocycles. The van der Waals surface area contributed by atoms with Gasteiger partial charge in [0.05, 0.1) is 0 Å². The van der Waals surface area contributed by atoms with Crippen LogP contribution < -0.4 is 5.32 Å². The first-order valence-electron chi connectivity index (χ1n) is 6.18. The molecule has 2 rings (SSSR count). The number of rotatable bonds is 4. The third-order valence-corrected chi connectivity index (χ3v) is 3.09. The molecule has 0 saturated heterocycles.